The van der Waals surface area contributed by atoms with Crippen LogP contribution in [0.5, 0.6) is 0 Å². The molecule has 0 radical (unpaired) electrons. The van der Waals surface area contributed by atoms with Crippen LogP contribution < -0.4 is 10.6 Å². The molecule has 0 bridgehead atoms. The summed E-state index contributed by atoms with van der Waals surface area (Å²) >= 11 is 0. The van der Waals surface area contributed by atoms with Crippen molar-refractivity contribution in [2.45, 2.75) is 33.6 Å². The average molecular weight is 324 g/mol. The zero-order valence-corrected chi connectivity index (χ0v) is 14.5. The Balaban J connectivity index is 2.17. The van der Waals surface area contributed by atoms with Crippen LogP contribution in [0.4, 0.5) is 5.69 Å². The first kappa shape index (κ1) is 17.7. The van der Waals surface area contributed by atoms with Crippen LogP contribution >= 0.6 is 0 Å². The minimum atomic E-state index is -0.207. The number of hydrogen-bond donors (Lipinski definition) is 2. The summed E-state index contributed by atoms with van der Waals surface area (Å²) in [6.07, 6.45) is 1.95. The molecule has 2 aromatic carbocycles. The van der Waals surface area contributed by atoms with Gasteiger partial charge >= 0.3 is 0 Å². The van der Waals surface area contributed by atoms with Crippen molar-refractivity contribution in [1.29, 1.82) is 0 Å². The van der Waals surface area contributed by atoms with E-state index in [1.165, 1.54) is 0 Å². The molecule has 2 N–H and O–H groups in total. The Hall–Kier alpha value is -2.62. The van der Waals surface area contributed by atoms with Gasteiger partial charge in [-0.25, -0.2) is 0 Å². The van der Waals surface area contributed by atoms with Gasteiger partial charge in [0.25, 0.3) is 11.8 Å². The topological polar surface area (TPSA) is 58.2 Å². The molecule has 0 aliphatic heterocycles. The van der Waals surface area contributed by atoms with Crippen LogP contribution in [0.15, 0.2) is 42.5 Å². The van der Waals surface area contributed by atoms with E-state index < -0.39 is 0 Å². The SMILES string of the molecule is CCCCNC(=O)c1ccccc1NC(=O)c1ccc(C)cc1C. The van der Waals surface area contributed by atoms with Gasteiger partial charge in [-0.3, -0.25) is 9.59 Å². The molecule has 2 rings (SSSR count). The number of benzene rings is 2. The minimum absolute atomic E-state index is 0.167. The molecule has 2 amide bonds. The fourth-order valence-electron chi connectivity index (χ4n) is 2.52. The standard InChI is InChI=1S/C20H24N2O2/c1-4-5-12-21-19(23)17-8-6-7-9-18(17)22-20(24)16-11-10-14(2)13-15(16)3/h6-11,13H,4-5,12H2,1-3H3,(H,21,23)(H,22,24). The molecular weight excluding hydrogens is 300 g/mol. The van der Waals surface area contributed by atoms with Gasteiger partial charge in [0.2, 0.25) is 0 Å². The molecular formula is C20H24N2O2. The van der Waals surface area contributed by atoms with Crippen LogP contribution in [0.3, 0.4) is 0 Å². The third-order valence-corrected chi connectivity index (χ3v) is 3.86. The lowest BCUT2D eigenvalue weighted by Gasteiger charge is -2.12. The van der Waals surface area contributed by atoms with E-state index in [1.54, 1.807) is 24.3 Å². The van der Waals surface area contributed by atoms with Crippen molar-refractivity contribution in [2.24, 2.45) is 0 Å². The molecule has 0 heterocycles. The molecule has 0 aliphatic rings. The second kappa shape index (κ2) is 8.29. The fourth-order valence-corrected chi connectivity index (χ4v) is 2.52. The van der Waals surface area contributed by atoms with Crippen molar-refractivity contribution in [3.8, 4) is 0 Å². The van der Waals surface area contributed by atoms with Gasteiger partial charge in [-0.15, -0.1) is 0 Å². The predicted octanol–water partition coefficient (Wildman–Crippen LogP) is 4.09. The van der Waals surface area contributed by atoms with E-state index in [2.05, 4.69) is 17.6 Å². The average Bonchev–Trinajstić information content (AvgIpc) is 2.55. The highest BCUT2D eigenvalue weighted by Gasteiger charge is 2.14. The maximum atomic E-state index is 12.5. The van der Waals surface area contributed by atoms with E-state index in [-0.39, 0.29) is 11.8 Å². The second-order valence-electron chi connectivity index (χ2n) is 5.93. The van der Waals surface area contributed by atoms with Gasteiger partial charge < -0.3 is 10.6 Å². The highest BCUT2D eigenvalue weighted by atomic mass is 16.2. The van der Waals surface area contributed by atoms with Crippen molar-refractivity contribution < 1.29 is 9.59 Å². The third-order valence-electron chi connectivity index (χ3n) is 3.86. The number of nitrogens with one attached hydrogen (secondary N) is 2. The number of rotatable bonds is 6. The lowest BCUT2D eigenvalue weighted by molar-refractivity contribution is 0.0954. The monoisotopic (exact) mass is 324 g/mol. The van der Waals surface area contributed by atoms with E-state index >= 15 is 0 Å². The smallest absolute Gasteiger partial charge is 0.255 e. The molecule has 126 valence electrons. The second-order valence-corrected chi connectivity index (χ2v) is 5.93. The first-order valence-corrected chi connectivity index (χ1v) is 8.28. The Kier molecular flexibility index (Phi) is 6.13. The van der Waals surface area contributed by atoms with E-state index in [4.69, 9.17) is 0 Å². The molecule has 24 heavy (non-hydrogen) atoms. The number of anilines is 1. The highest BCUT2D eigenvalue weighted by molar-refractivity contribution is 6.09. The van der Waals surface area contributed by atoms with E-state index in [9.17, 15) is 9.59 Å². The summed E-state index contributed by atoms with van der Waals surface area (Å²) in [7, 11) is 0. The molecule has 0 unspecified atom stereocenters. The zero-order valence-electron chi connectivity index (χ0n) is 14.5. The van der Waals surface area contributed by atoms with E-state index in [0.29, 0.717) is 23.4 Å². The molecule has 0 atom stereocenters. The van der Waals surface area contributed by atoms with Crippen LogP contribution in [0, 0.1) is 13.8 Å². The third kappa shape index (κ3) is 4.44. The Morgan fingerprint density at radius 2 is 1.71 bits per heavy atom. The Morgan fingerprint density at radius 3 is 2.42 bits per heavy atom. The molecule has 4 nitrogen and oxygen atoms in total. The maximum absolute atomic E-state index is 12.5. The summed E-state index contributed by atoms with van der Waals surface area (Å²) in [6.45, 7) is 6.61. The Bertz CT molecular complexity index is 738. The van der Waals surface area contributed by atoms with Gasteiger partial charge in [0, 0.05) is 12.1 Å². The van der Waals surface area contributed by atoms with Crippen LogP contribution in [0.25, 0.3) is 0 Å². The molecule has 4 heteroatoms. The lowest BCUT2D eigenvalue weighted by atomic mass is 10.0. The zero-order chi connectivity index (χ0) is 17.5. The molecule has 0 saturated carbocycles. The van der Waals surface area contributed by atoms with Gasteiger partial charge in [0.1, 0.15) is 0 Å². The minimum Gasteiger partial charge on any atom is -0.352 e. The number of amides is 2. The van der Waals surface area contributed by atoms with E-state index in [1.807, 2.05) is 32.0 Å². The number of carbonyl (C=O) groups is 2. The molecule has 0 aliphatic carbocycles. The number of unbranched alkanes of at least 4 members (excludes halogenated alkanes) is 1. The van der Waals surface area contributed by atoms with Crippen molar-refractivity contribution in [3.05, 3.63) is 64.7 Å². The normalized spacial score (nSPS) is 10.3. The first-order valence-electron chi connectivity index (χ1n) is 8.28. The summed E-state index contributed by atoms with van der Waals surface area (Å²) in [6, 6.07) is 12.8. The van der Waals surface area contributed by atoms with Crippen molar-refractivity contribution in [2.75, 3.05) is 11.9 Å². The van der Waals surface area contributed by atoms with Crippen LogP contribution in [0.2, 0.25) is 0 Å². The van der Waals surface area contributed by atoms with Crippen molar-refractivity contribution >= 4 is 17.5 Å². The maximum Gasteiger partial charge on any atom is 0.255 e. The summed E-state index contributed by atoms with van der Waals surface area (Å²) in [5.41, 5.74) is 3.64. The van der Waals surface area contributed by atoms with E-state index in [0.717, 1.165) is 24.0 Å². The van der Waals surface area contributed by atoms with Crippen molar-refractivity contribution in [1.82, 2.24) is 5.32 Å². The number of aryl methyl sites for hydroxylation is 2. The number of hydrogen-bond acceptors (Lipinski definition) is 2. The molecule has 0 saturated heterocycles. The Labute approximate surface area is 143 Å². The number of carbonyl (C=O) groups excluding carboxylic acids is 2. The van der Waals surface area contributed by atoms with Crippen molar-refractivity contribution in [3.63, 3.8) is 0 Å². The molecule has 2 aromatic rings. The number of para-hydroxylation sites is 1. The molecule has 0 fully saturated rings. The summed E-state index contributed by atoms with van der Waals surface area (Å²) in [5, 5.41) is 5.74. The first-order chi connectivity index (χ1) is 11.5. The van der Waals surface area contributed by atoms with Crippen LogP contribution in [-0.2, 0) is 0 Å². The predicted molar refractivity (Wildman–Crippen MR) is 97.6 cm³/mol. The largest absolute Gasteiger partial charge is 0.352 e. The fraction of sp³-hybridized carbons (Fsp3) is 0.300. The summed E-state index contributed by atoms with van der Waals surface area (Å²) < 4.78 is 0. The van der Waals surface area contributed by atoms with Crippen LogP contribution in [0.1, 0.15) is 51.6 Å². The Morgan fingerprint density at radius 1 is 0.958 bits per heavy atom. The van der Waals surface area contributed by atoms with Gasteiger partial charge in [0.05, 0.1) is 11.3 Å². The van der Waals surface area contributed by atoms with Gasteiger partial charge in [-0.2, -0.15) is 0 Å². The molecule has 0 spiro atoms. The van der Waals surface area contributed by atoms with Gasteiger partial charge in [-0.05, 0) is 44.0 Å². The summed E-state index contributed by atoms with van der Waals surface area (Å²) in [4.78, 5) is 24.8. The lowest BCUT2D eigenvalue weighted by Crippen LogP contribution is -2.26. The summed E-state index contributed by atoms with van der Waals surface area (Å²) in [5.74, 6) is -0.374. The van der Waals surface area contributed by atoms with Crippen LogP contribution in [-0.4, -0.2) is 18.4 Å². The quantitative estimate of drug-likeness (QED) is 0.786. The highest BCUT2D eigenvalue weighted by Crippen LogP contribution is 2.18. The van der Waals surface area contributed by atoms with Gasteiger partial charge in [-0.1, -0.05) is 43.2 Å². The molecule has 0 aromatic heterocycles. The van der Waals surface area contributed by atoms with Gasteiger partial charge in [0.15, 0.2) is 0 Å².